The van der Waals surface area contributed by atoms with Gasteiger partial charge >= 0.3 is 0 Å². The predicted octanol–water partition coefficient (Wildman–Crippen LogP) is 3.92. The second-order valence-electron chi connectivity index (χ2n) is 8.52. The number of piperidine rings is 1. The summed E-state index contributed by atoms with van der Waals surface area (Å²) in [6.07, 6.45) is 7.75. The van der Waals surface area contributed by atoms with Crippen LogP contribution in [0.5, 0.6) is 0 Å². The summed E-state index contributed by atoms with van der Waals surface area (Å²) in [5, 5.41) is 13.0. The molecular weight excluding hydrogens is 362 g/mol. The van der Waals surface area contributed by atoms with E-state index < -0.39 is 5.92 Å². The van der Waals surface area contributed by atoms with E-state index in [-0.39, 0.29) is 11.9 Å². The van der Waals surface area contributed by atoms with Crippen molar-refractivity contribution in [2.75, 3.05) is 18.0 Å². The summed E-state index contributed by atoms with van der Waals surface area (Å²) in [7, 11) is 0. The first-order valence-corrected chi connectivity index (χ1v) is 10.9. The predicted molar refractivity (Wildman–Crippen MR) is 114 cm³/mol. The van der Waals surface area contributed by atoms with Crippen LogP contribution in [0, 0.1) is 17.2 Å². The van der Waals surface area contributed by atoms with Gasteiger partial charge in [0.2, 0.25) is 5.91 Å². The Bertz CT molecular complexity index is 915. The van der Waals surface area contributed by atoms with Gasteiger partial charge in [0.25, 0.3) is 0 Å². The number of nitrogens with one attached hydrogen (secondary N) is 1. The molecule has 2 aliphatic rings. The van der Waals surface area contributed by atoms with E-state index in [4.69, 9.17) is 9.97 Å². The van der Waals surface area contributed by atoms with E-state index >= 15 is 0 Å². The average molecular weight is 392 g/mol. The first-order valence-electron chi connectivity index (χ1n) is 10.9. The quantitative estimate of drug-likeness (QED) is 0.854. The van der Waals surface area contributed by atoms with Gasteiger partial charge in [0.15, 0.2) is 11.7 Å². The van der Waals surface area contributed by atoms with Crippen LogP contribution in [0.4, 0.5) is 5.82 Å². The Kier molecular flexibility index (Phi) is 5.94. The molecule has 0 spiro atoms. The van der Waals surface area contributed by atoms with Gasteiger partial charge in [-0.2, -0.15) is 5.26 Å². The summed E-state index contributed by atoms with van der Waals surface area (Å²) in [5.41, 5.74) is 2.02. The van der Waals surface area contributed by atoms with Crippen LogP contribution < -0.4 is 10.2 Å². The molecular formula is C23H29N5O. The highest BCUT2D eigenvalue weighted by molar-refractivity contribution is 5.89. The maximum absolute atomic E-state index is 13.1. The highest BCUT2D eigenvalue weighted by Crippen LogP contribution is 2.30. The number of carbonyl (C=O) groups is 1. The van der Waals surface area contributed by atoms with Crippen LogP contribution >= 0.6 is 0 Å². The van der Waals surface area contributed by atoms with Gasteiger partial charge in [-0.05, 0) is 43.7 Å². The van der Waals surface area contributed by atoms with E-state index in [0.29, 0.717) is 17.4 Å². The van der Waals surface area contributed by atoms with Gasteiger partial charge < -0.3 is 10.2 Å². The largest absolute Gasteiger partial charge is 0.355 e. The molecule has 1 aliphatic carbocycles. The fourth-order valence-corrected chi connectivity index (χ4v) is 4.59. The van der Waals surface area contributed by atoms with E-state index in [1.54, 1.807) is 0 Å². The van der Waals surface area contributed by atoms with Gasteiger partial charge in [0.1, 0.15) is 5.69 Å². The first kappa shape index (κ1) is 19.6. The van der Waals surface area contributed by atoms with Gasteiger partial charge in [-0.1, -0.05) is 38.3 Å². The molecule has 29 heavy (non-hydrogen) atoms. The Morgan fingerprint density at radius 1 is 1.14 bits per heavy atom. The zero-order valence-electron chi connectivity index (χ0n) is 17.1. The van der Waals surface area contributed by atoms with Crippen LogP contribution in [-0.2, 0) is 4.79 Å². The lowest BCUT2D eigenvalue weighted by atomic mass is 9.94. The molecule has 1 aromatic heterocycles. The molecule has 1 amide bonds. The smallest absolute Gasteiger partial charge is 0.243 e. The van der Waals surface area contributed by atoms with Crippen molar-refractivity contribution in [3.63, 3.8) is 0 Å². The lowest BCUT2D eigenvalue weighted by molar-refractivity contribution is -0.122. The Labute approximate surface area is 172 Å². The molecule has 6 heteroatoms. The molecule has 4 rings (SSSR count). The topological polar surface area (TPSA) is 81.9 Å². The van der Waals surface area contributed by atoms with Crippen molar-refractivity contribution in [1.82, 2.24) is 15.3 Å². The average Bonchev–Trinajstić information content (AvgIpc) is 2.74. The van der Waals surface area contributed by atoms with Crippen LogP contribution in [0.3, 0.4) is 0 Å². The van der Waals surface area contributed by atoms with Crippen LogP contribution in [0.15, 0.2) is 24.3 Å². The highest BCUT2D eigenvalue weighted by atomic mass is 16.2. The minimum Gasteiger partial charge on any atom is -0.355 e. The lowest BCUT2D eigenvalue weighted by Crippen LogP contribution is -2.40. The number of benzene rings is 1. The standard InChI is InChI=1S/C23H29N5O/c1-16-8-7-13-28(15-16)22-21(26-19-11-5-6-12-20(19)27-22)18(14-24)23(29)25-17-9-3-2-4-10-17/h5-6,11-12,16-18H,2-4,7-10,13,15H2,1H3,(H,25,29). The minimum atomic E-state index is -0.943. The third-order valence-electron chi connectivity index (χ3n) is 6.15. The maximum Gasteiger partial charge on any atom is 0.243 e. The normalized spacial score (nSPS) is 21.5. The fraction of sp³-hybridized carbons (Fsp3) is 0.565. The van der Waals surface area contributed by atoms with E-state index in [9.17, 15) is 10.1 Å². The van der Waals surface area contributed by atoms with Crippen LogP contribution in [-0.4, -0.2) is 35.0 Å². The molecule has 2 unspecified atom stereocenters. The molecule has 2 fully saturated rings. The number of nitrogens with zero attached hydrogens (tertiary/aromatic N) is 4. The second kappa shape index (κ2) is 8.77. The maximum atomic E-state index is 13.1. The number of anilines is 1. The van der Waals surface area contributed by atoms with E-state index in [0.717, 1.165) is 56.2 Å². The highest BCUT2D eigenvalue weighted by Gasteiger charge is 2.31. The number of carbonyl (C=O) groups excluding carboxylic acids is 1. The SMILES string of the molecule is CC1CCCN(c2nc3ccccc3nc2C(C#N)C(=O)NC2CCCCC2)C1. The number of rotatable bonds is 4. The zero-order valence-corrected chi connectivity index (χ0v) is 17.1. The first-order chi connectivity index (χ1) is 14.2. The van der Waals surface area contributed by atoms with Crippen molar-refractivity contribution in [2.45, 2.75) is 63.8 Å². The number of fused-ring (bicyclic) bond motifs is 1. The molecule has 1 N–H and O–H groups in total. The monoisotopic (exact) mass is 391 g/mol. The number of nitriles is 1. The molecule has 1 saturated carbocycles. The molecule has 1 aromatic carbocycles. The summed E-state index contributed by atoms with van der Waals surface area (Å²) in [6, 6.07) is 10.1. The van der Waals surface area contributed by atoms with Crippen molar-refractivity contribution in [2.24, 2.45) is 5.92 Å². The van der Waals surface area contributed by atoms with Crippen molar-refractivity contribution >= 4 is 22.8 Å². The summed E-state index contributed by atoms with van der Waals surface area (Å²) < 4.78 is 0. The van der Waals surface area contributed by atoms with Gasteiger partial charge in [-0.15, -0.1) is 0 Å². The van der Waals surface area contributed by atoms with E-state index in [1.165, 1.54) is 12.8 Å². The van der Waals surface area contributed by atoms with Crippen molar-refractivity contribution in [3.8, 4) is 6.07 Å². The van der Waals surface area contributed by atoms with Crippen molar-refractivity contribution < 1.29 is 4.79 Å². The molecule has 0 bridgehead atoms. The Morgan fingerprint density at radius 2 is 1.86 bits per heavy atom. The van der Waals surface area contributed by atoms with Crippen LogP contribution in [0.1, 0.15) is 63.5 Å². The molecule has 152 valence electrons. The van der Waals surface area contributed by atoms with Gasteiger partial charge in [-0.25, -0.2) is 9.97 Å². The summed E-state index contributed by atoms with van der Waals surface area (Å²) in [5.74, 6) is 0.0682. The molecule has 1 aliphatic heterocycles. The van der Waals surface area contributed by atoms with E-state index in [1.807, 2.05) is 24.3 Å². The molecule has 1 saturated heterocycles. The summed E-state index contributed by atoms with van der Waals surface area (Å²) in [4.78, 5) is 24.9. The number of aromatic nitrogens is 2. The molecule has 2 atom stereocenters. The second-order valence-corrected chi connectivity index (χ2v) is 8.52. The fourth-order valence-electron chi connectivity index (χ4n) is 4.59. The molecule has 2 heterocycles. The number of hydrogen-bond donors (Lipinski definition) is 1. The van der Waals surface area contributed by atoms with E-state index in [2.05, 4.69) is 23.2 Å². The minimum absolute atomic E-state index is 0.166. The third-order valence-corrected chi connectivity index (χ3v) is 6.15. The number of para-hydroxylation sites is 2. The van der Waals surface area contributed by atoms with Gasteiger partial charge in [-0.3, -0.25) is 4.79 Å². The lowest BCUT2D eigenvalue weighted by Gasteiger charge is -2.33. The summed E-state index contributed by atoms with van der Waals surface area (Å²) >= 11 is 0. The number of amides is 1. The Morgan fingerprint density at radius 3 is 2.55 bits per heavy atom. The van der Waals surface area contributed by atoms with Crippen LogP contribution in [0.25, 0.3) is 11.0 Å². The number of hydrogen-bond acceptors (Lipinski definition) is 5. The van der Waals surface area contributed by atoms with Crippen LogP contribution in [0.2, 0.25) is 0 Å². The van der Waals surface area contributed by atoms with Gasteiger partial charge in [0, 0.05) is 19.1 Å². The Hall–Kier alpha value is -2.68. The van der Waals surface area contributed by atoms with Crippen molar-refractivity contribution in [3.05, 3.63) is 30.0 Å². The molecule has 0 radical (unpaired) electrons. The molecule has 6 nitrogen and oxygen atoms in total. The summed E-state index contributed by atoms with van der Waals surface area (Å²) in [6.45, 7) is 3.99. The van der Waals surface area contributed by atoms with Gasteiger partial charge in [0.05, 0.1) is 17.1 Å². The Balaban J connectivity index is 1.70. The molecule has 2 aromatic rings. The zero-order chi connectivity index (χ0) is 20.2. The third kappa shape index (κ3) is 4.34. The van der Waals surface area contributed by atoms with Crippen molar-refractivity contribution in [1.29, 1.82) is 5.26 Å².